The van der Waals surface area contributed by atoms with E-state index in [0.717, 1.165) is 5.56 Å². The topological polar surface area (TPSA) is 84.5 Å². The Balaban J connectivity index is 1.79. The second-order valence-electron chi connectivity index (χ2n) is 9.34. The minimum atomic E-state index is -1.41. The number of nitrogens with one attached hydrogen (secondary N) is 2. The third-order valence-electron chi connectivity index (χ3n) is 5.87. The number of hydrogen-bond donors (Lipinski definition) is 2. The highest BCUT2D eigenvalue weighted by Crippen LogP contribution is 2.22. The average Bonchev–Trinajstić information content (AvgIpc) is 2.77. The minimum absolute atomic E-state index is 0.0930. The third kappa shape index (κ3) is 6.07. The number of ketones is 1. The van der Waals surface area contributed by atoms with Gasteiger partial charge in [0.25, 0.3) is 0 Å². The van der Waals surface area contributed by atoms with Gasteiger partial charge in [-0.05, 0) is 29.7 Å². The second kappa shape index (κ2) is 10.1. The van der Waals surface area contributed by atoms with E-state index in [1.165, 1.54) is 5.19 Å². The Bertz CT molecular complexity index is 965. The van der Waals surface area contributed by atoms with Gasteiger partial charge in [0.05, 0.1) is 15.2 Å². The van der Waals surface area contributed by atoms with E-state index in [9.17, 15) is 14.4 Å². The highest BCUT2D eigenvalue weighted by Gasteiger charge is 2.30. The lowest BCUT2D eigenvalue weighted by atomic mass is 9.93. The van der Waals surface area contributed by atoms with Gasteiger partial charge in [0.15, 0.2) is 5.78 Å². The number of amides is 2. The maximum Gasteiger partial charge on any atom is 0.224 e. The largest absolute Gasteiger partial charge is 0.497 e. The molecule has 1 fully saturated rings. The fourth-order valence-electron chi connectivity index (χ4n) is 3.84. The molecule has 0 saturated carbocycles. The van der Waals surface area contributed by atoms with Crippen molar-refractivity contribution < 1.29 is 19.1 Å². The lowest BCUT2D eigenvalue weighted by Gasteiger charge is -2.25. The molecule has 0 radical (unpaired) electrons. The van der Waals surface area contributed by atoms with Crippen molar-refractivity contribution in [3.8, 4) is 5.75 Å². The Labute approximate surface area is 190 Å². The van der Waals surface area contributed by atoms with Crippen molar-refractivity contribution in [2.75, 3.05) is 13.7 Å². The molecule has 2 N–H and O–H groups in total. The summed E-state index contributed by atoms with van der Waals surface area (Å²) >= 11 is 0. The molecule has 2 amide bonds. The average molecular weight is 453 g/mol. The molecule has 0 spiro atoms. The first kappa shape index (κ1) is 23.7. The van der Waals surface area contributed by atoms with Gasteiger partial charge < -0.3 is 15.4 Å². The smallest absolute Gasteiger partial charge is 0.224 e. The molecule has 1 saturated heterocycles. The lowest BCUT2D eigenvalue weighted by Crippen LogP contribution is -2.43. The molecule has 2 aromatic rings. The SMILES string of the molecule is COc1ccc(C(NC(=O)C2CCNC(=O)C2)C(=O)Cc2ccc([Si](C)(C)C)cc2)cc1. The van der Waals surface area contributed by atoms with Crippen LogP contribution in [0.25, 0.3) is 0 Å². The number of carbonyl (C=O) groups is 3. The van der Waals surface area contributed by atoms with Gasteiger partial charge in [0, 0.05) is 25.3 Å². The van der Waals surface area contributed by atoms with Crippen LogP contribution in [0, 0.1) is 5.92 Å². The summed E-state index contributed by atoms with van der Waals surface area (Å²) in [6.45, 7) is 7.33. The minimum Gasteiger partial charge on any atom is -0.497 e. The Morgan fingerprint density at radius 1 is 1.09 bits per heavy atom. The zero-order valence-electron chi connectivity index (χ0n) is 19.2. The Morgan fingerprint density at radius 3 is 2.31 bits per heavy atom. The molecule has 1 aliphatic heterocycles. The van der Waals surface area contributed by atoms with E-state index in [1.807, 2.05) is 12.1 Å². The molecule has 2 atom stereocenters. The fraction of sp³-hybridized carbons (Fsp3) is 0.400. The number of Topliss-reactive ketones (excluding diaryl/α,β-unsaturated/α-hetero) is 1. The predicted molar refractivity (Wildman–Crippen MR) is 128 cm³/mol. The van der Waals surface area contributed by atoms with Gasteiger partial charge in [-0.15, -0.1) is 0 Å². The van der Waals surface area contributed by atoms with Gasteiger partial charge in [0.1, 0.15) is 11.8 Å². The van der Waals surface area contributed by atoms with Crippen molar-refractivity contribution >= 4 is 30.9 Å². The van der Waals surface area contributed by atoms with E-state index in [-0.39, 0.29) is 30.4 Å². The summed E-state index contributed by atoms with van der Waals surface area (Å²) in [5, 5.41) is 6.99. The Kier molecular flexibility index (Phi) is 7.51. The first-order chi connectivity index (χ1) is 15.2. The molecule has 3 rings (SSSR count). The molecule has 2 aromatic carbocycles. The quantitative estimate of drug-likeness (QED) is 0.603. The molecule has 170 valence electrons. The maximum atomic E-state index is 13.3. The number of benzene rings is 2. The zero-order valence-corrected chi connectivity index (χ0v) is 20.2. The second-order valence-corrected chi connectivity index (χ2v) is 14.4. The van der Waals surface area contributed by atoms with Crippen LogP contribution in [0.2, 0.25) is 19.6 Å². The summed E-state index contributed by atoms with van der Waals surface area (Å²) in [6.07, 6.45) is 0.931. The number of carbonyl (C=O) groups excluding carboxylic acids is 3. The van der Waals surface area contributed by atoms with Crippen LogP contribution in [0.15, 0.2) is 48.5 Å². The van der Waals surface area contributed by atoms with Crippen molar-refractivity contribution in [2.24, 2.45) is 5.92 Å². The molecule has 2 unspecified atom stereocenters. The molecule has 32 heavy (non-hydrogen) atoms. The lowest BCUT2D eigenvalue weighted by molar-refractivity contribution is -0.134. The van der Waals surface area contributed by atoms with Crippen molar-refractivity contribution in [2.45, 2.75) is 44.9 Å². The van der Waals surface area contributed by atoms with Gasteiger partial charge >= 0.3 is 0 Å². The highest BCUT2D eigenvalue weighted by atomic mass is 28.3. The summed E-state index contributed by atoms with van der Waals surface area (Å²) in [5.41, 5.74) is 1.62. The van der Waals surface area contributed by atoms with Crippen LogP contribution in [0.1, 0.15) is 30.0 Å². The van der Waals surface area contributed by atoms with Crippen molar-refractivity contribution in [3.63, 3.8) is 0 Å². The van der Waals surface area contributed by atoms with E-state index in [4.69, 9.17) is 4.74 Å². The number of rotatable bonds is 8. The first-order valence-corrected chi connectivity index (χ1v) is 14.5. The summed E-state index contributed by atoms with van der Waals surface area (Å²) < 4.78 is 5.22. The maximum absolute atomic E-state index is 13.3. The Morgan fingerprint density at radius 2 is 1.75 bits per heavy atom. The van der Waals surface area contributed by atoms with E-state index >= 15 is 0 Å². The van der Waals surface area contributed by atoms with Crippen LogP contribution in [-0.4, -0.2) is 39.3 Å². The van der Waals surface area contributed by atoms with Crippen molar-refractivity contribution in [1.82, 2.24) is 10.6 Å². The normalized spacial score (nSPS) is 17.2. The van der Waals surface area contributed by atoms with Crippen LogP contribution in [0.3, 0.4) is 0 Å². The molecule has 0 bridgehead atoms. The van der Waals surface area contributed by atoms with E-state index in [1.54, 1.807) is 31.4 Å². The third-order valence-corrected chi connectivity index (χ3v) is 7.94. The van der Waals surface area contributed by atoms with Gasteiger partial charge in [-0.2, -0.15) is 0 Å². The summed E-state index contributed by atoms with van der Waals surface area (Å²) in [7, 11) is 0.168. The highest BCUT2D eigenvalue weighted by molar-refractivity contribution is 6.88. The van der Waals surface area contributed by atoms with Crippen molar-refractivity contribution in [1.29, 1.82) is 0 Å². The monoisotopic (exact) mass is 452 g/mol. The standard InChI is InChI=1S/C25H32N2O4Si/c1-31-20-9-7-18(8-10-20)24(27-25(30)19-13-14-26-23(29)16-19)22(28)15-17-5-11-21(12-6-17)32(2,3)4/h5-12,19,24H,13-16H2,1-4H3,(H,26,29)(H,27,30). The molecule has 1 heterocycles. The molecule has 7 heteroatoms. The number of methoxy groups -OCH3 is 1. The van der Waals surface area contributed by atoms with E-state index in [2.05, 4.69) is 42.4 Å². The fourth-order valence-corrected chi connectivity index (χ4v) is 5.01. The number of hydrogen-bond acceptors (Lipinski definition) is 4. The van der Waals surface area contributed by atoms with Crippen LogP contribution in [0.5, 0.6) is 5.75 Å². The molecule has 0 aromatic heterocycles. The van der Waals surface area contributed by atoms with Gasteiger partial charge in [-0.25, -0.2) is 0 Å². The predicted octanol–water partition coefficient (Wildman–Crippen LogP) is 2.74. The van der Waals surface area contributed by atoms with E-state index < -0.39 is 20.0 Å². The van der Waals surface area contributed by atoms with E-state index in [0.29, 0.717) is 24.3 Å². The molecule has 1 aliphatic rings. The molecular weight excluding hydrogens is 420 g/mol. The van der Waals surface area contributed by atoms with Crippen LogP contribution >= 0.6 is 0 Å². The van der Waals surface area contributed by atoms with Gasteiger partial charge in [0.2, 0.25) is 11.8 Å². The molecular formula is C25H32N2O4Si. The Hall–Kier alpha value is -2.93. The van der Waals surface area contributed by atoms with Crippen LogP contribution < -0.4 is 20.6 Å². The molecule has 0 aliphatic carbocycles. The summed E-state index contributed by atoms with van der Waals surface area (Å²) in [5.74, 6) is -0.232. The van der Waals surface area contributed by atoms with Gasteiger partial charge in [-0.3, -0.25) is 14.4 Å². The summed E-state index contributed by atoms with van der Waals surface area (Å²) in [6, 6.07) is 14.6. The first-order valence-electron chi connectivity index (χ1n) is 11.0. The molecule has 6 nitrogen and oxygen atoms in total. The van der Waals surface area contributed by atoms with Crippen molar-refractivity contribution in [3.05, 3.63) is 59.7 Å². The summed E-state index contributed by atoms with van der Waals surface area (Å²) in [4.78, 5) is 37.9. The number of ether oxygens (including phenoxy) is 1. The zero-order chi connectivity index (χ0) is 23.3. The van der Waals surface area contributed by atoms with Crippen LogP contribution in [0.4, 0.5) is 0 Å². The number of piperidine rings is 1. The van der Waals surface area contributed by atoms with Gasteiger partial charge in [-0.1, -0.05) is 61.2 Å². The van der Waals surface area contributed by atoms with Crippen LogP contribution in [-0.2, 0) is 20.8 Å².